The van der Waals surface area contributed by atoms with Crippen LogP contribution in [-0.4, -0.2) is 30.0 Å². The molecule has 0 bridgehead atoms. The minimum absolute atomic E-state index is 0.0195. The predicted octanol–water partition coefficient (Wildman–Crippen LogP) is 5.15. The van der Waals surface area contributed by atoms with Crippen molar-refractivity contribution in [2.45, 2.75) is 13.8 Å². The minimum atomic E-state index is -0.699. The Hall–Kier alpha value is -2.91. The number of non-ortho nitro benzene ring substituents is 1. The van der Waals surface area contributed by atoms with Gasteiger partial charge in [0.1, 0.15) is 0 Å². The smallest absolute Gasteiger partial charge is 0.363 e. The van der Waals surface area contributed by atoms with Crippen LogP contribution in [0.5, 0.6) is 11.5 Å². The van der Waals surface area contributed by atoms with Crippen LogP contribution in [0.3, 0.4) is 0 Å². The van der Waals surface area contributed by atoms with Crippen LogP contribution < -0.4 is 9.47 Å². The van der Waals surface area contributed by atoms with E-state index in [2.05, 4.69) is 20.9 Å². The first-order valence-corrected chi connectivity index (χ1v) is 10.1. The molecule has 0 saturated carbocycles. The summed E-state index contributed by atoms with van der Waals surface area (Å²) in [4.78, 5) is 26.9. The van der Waals surface area contributed by atoms with Crippen molar-refractivity contribution < 1.29 is 23.9 Å². The van der Waals surface area contributed by atoms with Crippen LogP contribution in [-0.2, 0) is 9.53 Å². The highest BCUT2D eigenvalue weighted by Crippen LogP contribution is 2.38. The molecule has 1 aliphatic rings. The van der Waals surface area contributed by atoms with Crippen LogP contribution in [0.2, 0.25) is 5.02 Å². The van der Waals surface area contributed by atoms with Crippen LogP contribution in [0.4, 0.5) is 5.69 Å². The van der Waals surface area contributed by atoms with Crippen LogP contribution in [0.25, 0.3) is 6.08 Å². The summed E-state index contributed by atoms with van der Waals surface area (Å²) in [6.45, 7) is 4.61. The Kier molecular flexibility index (Phi) is 6.73. The zero-order valence-electron chi connectivity index (χ0n) is 16.0. The zero-order chi connectivity index (χ0) is 21.8. The van der Waals surface area contributed by atoms with Gasteiger partial charge in [0.2, 0.25) is 5.90 Å². The molecule has 0 saturated heterocycles. The average Bonchev–Trinajstić information content (AvgIpc) is 3.05. The molecule has 3 rings (SSSR count). The molecule has 0 aliphatic carbocycles. The number of aliphatic imine (C=N–C) groups is 1. The molecule has 0 unspecified atom stereocenters. The van der Waals surface area contributed by atoms with Gasteiger partial charge in [-0.25, -0.2) is 9.79 Å². The fraction of sp³-hybridized carbons (Fsp3) is 0.200. The molecule has 0 amide bonds. The molecular formula is C20H16BrClN2O6. The molecule has 0 N–H and O–H groups in total. The molecular weight excluding hydrogens is 480 g/mol. The van der Waals surface area contributed by atoms with Gasteiger partial charge in [-0.1, -0.05) is 11.6 Å². The monoisotopic (exact) mass is 494 g/mol. The number of esters is 1. The predicted molar refractivity (Wildman–Crippen MR) is 115 cm³/mol. The van der Waals surface area contributed by atoms with Gasteiger partial charge in [-0.15, -0.1) is 0 Å². The number of nitro groups is 1. The topological polar surface area (TPSA) is 100 Å². The van der Waals surface area contributed by atoms with Crippen LogP contribution in [0.1, 0.15) is 25.0 Å². The molecule has 30 heavy (non-hydrogen) atoms. The molecule has 2 aromatic carbocycles. The highest BCUT2D eigenvalue weighted by molar-refractivity contribution is 9.10. The number of benzene rings is 2. The van der Waals surface area contributed by atoms with Crippen molar-refractivity contribution in [3.63, 3.8) is 0 Å². The van der Waals surface area contributed by atoms with Crippen LogP contribution in [0, 0.1) is 10.1 Å². The highest BCUT2D eigenvalue weighted by Gasteiger charge is 2.27. The van der Waals surface area contributed by atoms with Gasteiger partial charge in [0.15, 0.2) is 17.2 Å². The van der Waals surface area contributed by atoms with E-state index in [-0.39, 0.29) is 27.9 Å². The van der Waals surface area contributed by atoms with E-state index in [1.54, 1.807) is 12.1 Å². The van der Waals surface area contributed by atoms with Crippen LogP contribution in [0.15, 0.2) is 45.5 Å². The van der Waals surface area contributed by atoms with E-state index in [0.29, 0.717) is 34.7 Å². The standard InChI is InChI=1S/C20H16BrClN2O6/c1-3-28-17-9-11(7-14(21)18(17)29-4-2)8-16-20(25)30-19(23-16)13-10-12(24(26)27)5-6-15(13)22/h5-10H,3-4H2,1-2H3/b16-8-. The molecule has 1 aliphatic heterocycles. The Morgan fingerprint density at radius 1 is 1.23 bits per heavy atom. The van der Waals surface area contributed by atoms with Gasteiger partial charge in [0.25, 0.3) is 5.69 Å². The fourth-order valence-electron chi connectivity index (χ4n) is 2.69. The molecule has 0 atom stereocenters. The second kappa shape index (κ2) is 9.27. The second-order valence-corrected chi connectivity index (χ2v) is 7.21. The number of nitro benzene ring substituents is 1. The third-order valence-corrected chi connectivity index (χ3v) is 4.85. The van der Waals surface area contributed by atoms with Gasteiger partial charge in [-0.3, -0.25) is 10.1 Å². The Labute approximate surface area is 185 Å². The third kappa shape index (κ3) is 4.63. The third-order valence-electron chi connectivity index (χ3n) is 3.94. The Morgan fingerprint density at radius 2 is 1.97 bits per heavy atom. The van der Waals surface area contributed by atoms with Crippen LogP contribution >= 0.6 is 27.5 Å². The molecule has 2 aromatic rings. The first-order valence-electron chi connectivity index (χ1n) is 8.90. The largest absolute Gasteiger partial charge is 0.490 e. The molecule has 10 heteroatoms. The number of halogens is 2. The van der Waals surface area contributed by atoms with E-state index >= 15 is 0 Å². The maximum absolute atomic E-state index is 12.3. The maximum atomic E-state index is 12.3. The SMILES string of the molecule is CCOc1cc(/C=C2\N=C(c3cc([N+](=O)[O-])ccc3Cl)OC2=O)cc(Br)c1OCC. The highest BCUT2D eigenvalue weighted by atomic mass is 79.9. The zero-order valence-corrected chi connectivity index (χ0v) is 18.3. The first kappa shape index (κ1) is 21.8. The van der Waals surface area contributed by atoms with Gasteiger partial charge in [0.05, 0.1) is 33.2 Å². The molecule has 0 fully saturated rings. The lowest BCUT2D eigenvalue weighted by atomic mass is 10.1. The van der Waals surface area contributed by atoms with Crippen molar-refractivity contribution in [2.75, 3.05) is 13.2 Å². The number of cyclic esters (lactones) is 1. The summed E-state index contributed by atoms with van der Waals surface area (Å²) < 4.78 is 17.1. The maximum Gasteiger partial charge on any atom is 0.363 e. The van der Waals surface area contributed by atoms with E-state index in [9.17, 15) is 14.9 Å². The van der Waals surface area contributed by atoms with E-state index in [1.165, 1.54) is 24.3 Å². The lowest BCUT2D eigenvalue weighted by molar-refractivity contribution is -0.384. The lowest BCUT2D eigenvalue weighted by Gasteiger charge is -2.13. The van der Waals surface area contributed by atoms with Gasteiger partial charge in [-0.05, 0) is 59.6 Å². The Bertz CT molecular complexity index is 1080. The number of rotatable bonds is 7. The van der Waals surface area contributed by atoms with Gasteiger partial charge >= 0.3 is 5.97 Å². The molecule has 8 nitrogen and oxygen atoms in total. The summed E-state index contributed by atoms with van der Waals surface area (Å²) >= 11 is 9.55. The van der Waals surface area contributed by atoms with E-state index in [1.807, 2.05) is 13.8 Å². The minimum Gasteiger partial charge on any atom is -0.490 e. The summed E-state index contributed by atoms with van der Waals surface area (Å²) in [7, 11) is 0. The van der Waals surface area contributed by atoms with Crippen molar-refractivity contribution in [3.05, 3.63) is 66.8 Å². The van der Waals surface area contributed by atoms with E-state index < -0.39 is 10.9 Å². The fourth-order valence-corrected chi connectivity index (χ4v) is 3.46. The second-order valence-electron chi connectivity index (χ2n) is 5.95. The Morgan fingerprint density at radius 3 is 2.63 bits per heavy atom. The van der Waals surface area contributed by atoms with E-state index in [4.69, 9.17) is 25.8 Å². The molecule has 1 heterocycles. The number of hydrogen-bond donors (Lipinski definition) is 0. The summed E-state index contributed by atoms with van der Waals surface area (Å²) in [5.74, 6) is 0.270. The first-order chi connectivity index (χ1) is 14.3. The van der Waals surface area contributed by atoms with Gasteiger partial charge in [-0.2, -0.15) is 0 Å². The molecule has 0 radical (unpaired) electrons. The Balaban J connectivity index is 2.01. The van der Waals surface area contributed by atoms with Crippen molar-refractivity contribution >= 4 is 51.2 Å². The molecule has 0 aromatic heterocycles. The summed E-state index contributed by atoms with van der Waals surface area (Å²) in [6, 6.07) is 7.28. The van der Waals surface area contributed by atoms with Gasteiger partial charge < -0.3 is 14.2 Å². The molecule has 156 valence electrons. The number of carbonyl (C=O) groups is 1. The van der Waals surface area contributed by atoms with Crippen molar-refractivity contribution in [2.24, 2.45) is 4.99 Å². The number of ether oxygens (including phenoxy) is 3. The van der Waals surface area contributed by atoms with Gasteiger partial charge in [0, 0.05) is 12.1 Å². The quantitative estimate of drug-likeness (QED) is 0.228. The van der Waals surface area contributed by atoms with Crippen molar-refractivity contribution in [1.82, 2.24) is 0 Å². The van der Waals surface area contributed by atoms with E-state index in [0.717, 1.165) is 0 Å². The lowest BCUT2D eigenvalue weighted by Crippen LogP contribution is -2.06. The normalized spacial score (nSPS) is 14.5. The molecule has 0 spiro atoms. The summed E-state index contributed by atoms with van der Waals surface area (Å²) in [5.41, 5.74) is 0.606. The number of carbonyl (C=O) groups excluding carboxylic acids is 1. The van der Waals surface area contributed by atoms with Crippen molar-refractivity contribution in [1.29, 1.82) is 0 Å². The number of nitrogens with zero attached hydrogens (tertiary/aromatic N) is 2. The van der Waals surface area contributed by atoms with Crippen molar-refractivity contribution in [3.8, 4) is 11.5 Å². The number of hydrogen-bond acceptors (Lipinski definition) is 7. The summed E-state index contributed by atoms with van der Waals surface area (Å²) in [5, 5.41) is 11.2. The summed E-state index contributed by atoms with van der Waals surface area (Å²) in [6.07, 6.45) is 1.52. The average molecular weight is 496 g/mol.